The number of nitriles is 1. The normalized spacial score (nSPS) is 13.9. The predicted molar refractivity (Wildman–Crippen MR) is 69.4 cm³/mol. The van der Waals surface area contributed by atoms with Crippen molar-refractivity contribution in [1.82, 2.24) is 5.32 Å². The molecule has 0 saturated heterocycles. The SMILES string of the molecule is CNC(C)(C#N)CCCSc1cc(F)ccc1F. The van der Waals surface area contributed by atoms with Gasteiger partial charge in [0, 0.05) is 4.90 Å². The number of rotatable bonds is 6. The maximum atomic E-state index is 13.3. The largest absolute Gasteiger partial charge is 0.303 e. The van der Waals surface area contributed by atoms with Gasteiger partial charge in [0.2, 0.25) is 0 Å². The maximum absolute atomic E-state index is 13.3. The molecular weight excluding hydrogens is 254 g/mol. The highest BCUT2D eigenvalue weighted by molar-refractivity contribution is 7.99. The molecule has 0 aliphatic rings. The molecule has 0 saturated carbocycles. The molecule has 0 aliphatic heterocycles. The van der Waals surface area contributed by atoms with E-state index in [-0.39, 0.29) is 0 Å². The molecule has 98 valence electrons. The first-order chi connectivity index (χ1) is 8.50. The Labute approximate surface area is 110 Å². The van der Waals surface area contributed by atoms with Gasteiger partial charge < -0.3 is 5.32 Å². The van der Waals surface area contributed by atoms with E-state index in [1.165, 1.54) is 17.8 Å². The molecule has 0 bridgehead atoms. The van der Waals surface area contributed by atoms with Gasteiger partial charge in [-0.2, -0.15) is 5.26 Å². The van der Waals surface area contributed by atoms with E-state index in [1.807, 2.05) is 6.92 Å². The molecule has 1 N–H and O–H groups in total. The van der Waals surface area contributed by atoms with Crippen LogP contribution in [0.2, 0.25) is 0 Å². The van der Waals surface area contributed by atoms with E-state index in [9.17, 15) is 8.78 Å². The smallest absolute Gasteiger partial charge is 0.136 e. The van der Waals surface area contributed by atoms with E-state index in [1.54, 1.807) is 7.05 Å². The highest BCUT2D eigenvalue weighted by Gasteiger charge is 2.20. The molecule has 5 heteroatoms. The topological polar surface area (TPSA) is 35.8 Å². The molecule has 0 amide bonds. The Morgan fingerprint density at radius 1 is 1.44 bits per heavy atom. The number of nitrogens with zero attached hydrogens (tertiary/aromatic N) is 1. The Balaban J connectivity index is 2.43. The summed E-state index contributed by atoms with van der Waals surface area (Å²) in [6.45, 7) is 1.82. The van der Waals surface area contributed by atoms with Gasteiger partial charge in [-0.3, -0.25) is 0 Å². The van der Waals surface area contributed by atoms with Crippen molar-refractivity contribution in [2.45, 2.75) is 30.2 Å². The fourth-order valence-electron chi connectivity index (χ4n) is 1.43. The van der Waals surface area contributed by atoms with Crippen LogP contribution in [0.5, 0.6) is 0 Å². The second kappa shape index (κ2) is 6.72. The average molecular weight is 270 g/mol. The van der Waals surface area contributed by atoms with Gasteiger partial charge in [0.05, 0.1) is 6.07 Å². The third-order valence-electron chi connectivity index (χ3n) is 2.77. The van der Waals surface area contributed by atoms with Gasteiger partial charge in [0.25, 0.3) is 0 Å². The van der Waals surface area contributed by atoms with Crippen molar-refractivity contribution >= 4 is 11.8 Å². The summed E-state index contributed by atoms with van der Waals surface area (Å²) in [7, 11) is 1.74. The number of thioether (sulfide) groups is 1. The van der Waals surface area contributed by atoms with Gasteiger partial charge >= 0.3 is 0 Å². The summed E-state index contributed by atoms with van der Waals surface area (Å²) in [4.78, 5) is 0.318. The number of halogens is 2. The van der Waals surface area contributed by atoms with E-state index in [2.05, 4.69) is 11.4 Å². The molecule has 18 heavy (non-hydrogen) atoms. The summed E-state index contributed by atoms with van der Waals surface area (Å²) in [6.07, 6.45) is 1.43. The van der Waals surface area contributed by atoms with Gasteiger partial charge in [-0.1, -0.05) is 0 Å². The van der Waals surface area contributed by atoms with Crippen LogP contribution in [-0.4, -0.2) is 18.3 Å². The Bertz CT molecular complexity index is 445. The average Bonchev–Trinajstić information content (AvgIpc) is 2.38. The van der Waals surface area contributed by atoms with Gasteiger partial charge in [-0.25, -0.2) is 8.78 Å². The van der Waals surface area contributed by atoms with Crippen LogP contribution in [0, 0.1) is 23.0 Å². The van der Waals surface area contributed by atoms with Gasteiger partial charge in [-0.05, 0) is 50.8 Å². The Hall–Kier alpha value is -1.12. The fraction of sp³-hybridized carbons (Fsp3) is 0.462. The molecule has 2 nitrogen and oxygen atoms in total. The monoisotopic (exact) mass is 270 g/mol. The van der Waals surface area contributed by atoms with Gasteiger partial charge in [0.15, 0.2) is 0 Å². The zero-order chi connectivity index (χ0) is 13.6. The number of benzene rings is 1. The van der Waals surface area contributed by atoms with Gasteiger partial charge in [-0.15, -0.1) is 11.8 Å². The summed E-state index contributed by atoms with van der Waals surface area (Å²) >= 11 is 1.27. The lowest BCUT2D eigenvalue weighted by Crippen LogP contribution is -2.37. The van der Waals surface area contributed by atoms with E-state index < -0.39 is 17.2 Å². The van der Waals surface area contributed by atoms with Crippen molar-refractivity contribution < 1.29 is 8.78 Å². The Morgan fingerprint density at radius 2 is 2.17 bits per heavy atom. The highest BCUT2D eigenvalue weighted by atomic mass is 32.2. The summed E-state index contributed by atoms with van der Waals surface area (Å²) in [5, 5.41) is 11.9. The van der Waals surface area contributed by atoms with Crippen LogP contribution in [0.4, 0.5) is 8.78 Å². The maximum Gasteiger partial charge on any atom is 0.136 e. The third-order valence-corrected chi connectivity index (χ3v) is 3.89. The summed E-state index contributed by atoms with van der Waals surface area (Å²) in [5.74, 6) is -0.187. The van der Waals surface area contributed by atoms with E-state index in [4.69, 9.17) is 5.26 Å². The molecule has 0 aromatic heterocycles. The van der Waals surface area contributed by atoms with Crippen molar-refractivity contribution in [1.29, 1.82) is 5.26 Å². The van der Waals surface area contributed by atoms with Crippen molar-refractivity contribution in [2.24, 2.45) is 0 Å². The van der Waals surface area contributed by atoms with Crippen LogP contribution in [-0.2, 0) is 0 Å². The summed E-state index contributed by atoms with van der Waals surface area (Å²) < 4.78 is 26.2. The summed E-state index contributed by atoms with van der Waals surface area (Å²) in [5.41, 5.74) is -0.555. The van der Waals surface area contributed by atoms with Crippen molar-refractivity contribution in [2.75, 3.05) is 12.8 Å². The first kappa shape index (κ1) is 14.9. The third kappa shape index (κ3) is 4.28. The quantitative estimate of drug-likeness (QED) is 0.636. The molecular formula is C13H16F2N2S. The van der Waals surface area contributed by atoms with Crippen molar-refractivity contribution in [3.05, 3.63) is 29.8 Å². The molecule has 1 atom stereocenters. The van der Waals surface area contributed by atoms with Crippen LogP contribution in [0.25, 0.3) is 0 Å². The lowest BCUT2D eigenvalue weighted by atomic mass is 9.99. The van der Waals surface area contributed by atoms with Crippen molar-refractivity contribution in [3.63, 3.8) is 0 Å². The second-order valence-corrected chi connectivity index (χ2v) is 5.36. The van der Waals surface area contributed by atoms with Crippen LogP contribution < -0.4 is 5.32 Å². The molecule has 1 aromatic carbocycles. The first-order valence-corrected chi connectivity index (χ1v) is 6.67. The van der Waals surface area contributed by atoms with Crippen molar-refractivity contribution in [3.8, 4) is 6.07 Å². The first-order valence-electron chi connectivity index (χ1n) is 5.69. The summed E-state index contributed by atoms with van der Waals surface area (Å²) in [6, 6.07) is 5.62. The van der Waals surface area contributed by atoms with Crippen LogP contribution in [0.15, 0.2) is 23.1 Å². The zero-order valence-corrected chi connectivity index (χ0v) is 11.3. The predicted octanol–water partition coefficient (Wildman–Crippen LogP) is 3.34. The highest BCUT2D eigenvalue weighted by Crippen LogP contribution is 2.24. The molecule has 0 heterocycles. The number of hydrogen-bond acceptors (Lipinski definition) is 3. The fourth-order valence-corrected chi connectivity index (χ4v) is 2.34. The Morgan fingerprint density at radius 3 is 2.78 bits per heavy atom. The minimum atomic E-state index is -0.555. The van der Waals surface area contributed by atoms with E-state index in [0.717, 1.165) is 18.6 Å². The van der Waals surface area contributed by atoms with E-state index in [0.29, 0.717) is 17.1 Å². The standard InChI is InChI=1S/C13H16F2N2S/c1-13(9-16,17-2)6-3-7-18-12-8-10(14)4-5-11(12)15/h4-5,8,17H,3,6-7H2,1-2H3. The molecule has 1 rings (SSSR count). The Kier molecular flexibility index (Phi) is 5.57. The van der Waals surface area contributed by atoms with Gasteiger partial charge in [0.1, 0.15) is 17.2 Å². The lowest BCUT2D eigenvalue weighted by Gasteiger charge is -2.20. The zero-order valence-electron chi connectivity index (χ0n) is 10.5. The molecule has 0 fully saturated rings. The molecule has 0 spiro atoms. The molecule has 0 aliphatic carbocycles. The van der Waals surface area contributed by atoms with Crippen LogP contribution >= 0.6 is 11.8 Å². The minimum Gasteiger partial charge on any atom is -0.303 e. The van der Waals surface area contributed by atoms with Crippen LogP contribution in [0.1, 0.15) is 19.8 Å². The van der Waals surface area contributed by atoms with E-state index >= 15 is 0 Å². The molecule has 0 radical (unpaired) electrons. The number of hydrogen-bond donors (Lipinski definition) is 1. The minimum absolute atomic E-state index is 0.318. The number of nitrogens with one attached hydrogen (secondary N) is 1. The molecule has 1 aromatic rings. The lowest BCUT2D eigenvalue weighted by molar-refractivity contribution is 0.451. The molecule has 1 unspecified atom stereocenters. The van der Waals surface area contributed by atoms with Crippen LogP contribution in [0.3, 0.4) is 0 Å². The second-order valence-electron chi connectivity index (χ2n) is 4.22.